The Morgan fingerprint density at radius 2 is 2.19 bits per heavy atom. The smallest absolute Gasteiger partial charge is 0.306 e. The van der Waals surface area contributed by atoms with E-state index in [1.165, 1.54) is 0 Å². The highest BCUT2D eigenvalue weighted by Gasteiger charge is 2.12. The number of carbonyl (C=O) groups is 1. The van der Waals surface area contributed by atoms with E-state index in [1.54, 1.807) is 6.08 Å². The van der Waals surface area contributed by atoms with Crippen molar-refractivity contribution in [3.05, 3.63) is 42.0 Å². The molecule has 86 valence electrons. The molecule has 0 aliphatic heterocycles. The Kier molecular flexibility index (Phi) is 4.77. The summed E-state index contributed by atoms with van der Waals surface area (Å²) in [5.74, 6) is -0.145. The van der Waals surface area contributed by atoms with Gasteiger partial charge in [-0.2, -0.15) is 0 Å². The van der Waals surface area contributed by atoms with Crippen molar-refractivity contribution in [1.82, 2.24) is 0 Å². The highest BCUT2D eigenvalue weighted by molar-refractivity contribution is 5.69. The normalized spacial score (nSPS) is 11.9. The number of ether oxygens (including phenoxy) is 1. The molecule has 0 bridgehead atoms. The molecule has 0 aliphatic rings. The lowest BCUT2D eigenvalue weighted by Crippen LogP contribution is -2.09. The summed E-state index contributed by atoms with van der Waals surface area (Å²) in [6, 6.07) is 7.81. The van der Waals surface area contributed by atoms with Crippen molar-refractivity contribution in [3.63, 3.8) is 0 Å². The Morgan fingerprint density at radius 1 is 1.50 bits per heavy atom. The maximum absolute atomic E-state index is 11.4. The molecule has 0 aliphatic carbocycles. The van der Waals surface area contributed by atoms with Crippen LogP contribution in [0.15, 0.2) is 30.8 Å². The second-order valence-electron chi connectivity index (χ2n) is 3.72. The van der Waals surface area contributed by atoms with Crippen molar-refractivity contribution in [2.24, 2.45) is 0 Å². The van der Waals surface area contributed by atoms with E-state index >= 15 is 0 Å². The predicted octanol–water partition coefficient (Wildman–Crippen LogP) is 3.73. The minimum absolute atomic E-state index is 0.145. The van der Waals surface area contributed by atoms with Crippen LogP contribution in [0, 0.1) is 0 Å². The van der Waals surface area contributed by atoms with Gasteiger partial charge in [-0.15, -0.1) is 0 Å². The molecule has 1 unspecified atom stereocenters. The highest BCUT2D eigenvalue weighted by Crippen LogP contribution is 2.22. The first kappa shape index (κ1) is 12.5. The van der Waals surface area contributed by atoms with E-state index in [4.69, 9.17) is 4.74 Å². The zero-order chi connectivity index (χ0) is 12.0. The number of rotatable bonds is 5. The zero-order valence-corrected chi connectivity index (χ0v) is 9.90. The van der Waals surface area contributed by atoms with Crippen LogP contribution in [-0.4, -0.2) is 5.97 Å². The van der Waals surface area contributed by atoms with Gasteiger partial charge in [-0.25, -0.2) is 0 Å². The van der Waals surface area contributed by atoms with Gasteiger partial charge in [0.05, 0.1) is 0 Å². The van der Waals surface area contributed by atoms with Gasteiger partial charge in [-0.3, -0.25) is 4.79 Å². The molecular formula is C14H18O2. The molecule has 1 atom stereocenters. The van der Waals surface area contributed by atoms with Crippen LogP contribution in [0.5, 0.6) is 0 Å². The summed E-state index contributed by atoms with van der Waals surface area (Å²) in [6.45, 7) is 7.60. The Labute approximate surface area is 96.9 Å². The first-order valence-corrected chi connectivity index (χ1v) is 5.59. The van der Waals surface area contributed by atoms with Gasteiger partial charge in [-0.1, -0.05) is 43.8 Å². The van der Waals surface area contributed by atoms with Crippen LogP contribution in [0.25, 0.3) is 6.08 Å². The predicted molar refractivity (Wildman–Crippen MR) is 65.9 cm³/mol. The Hall–Kier alpha value is -1.57. The topological polar surface area (TPSA) is 26.3 Å². The zero-order valence-electron chi connectivity index (χ0n) is 9.90. The summed E-state index contributed by atoms with van der Waals surface area (Å²) in [5.41, 5.74) is 2.02. The van der Waals surface area contributed by atoms with E-state index in [-0.39, 0.29) is 12.1 Å². The van der Waals surface area contributed by atoms with Crippen LogP contribution in [0.4, 0.5) is 0 Å². The molecule has 0 spiro atoms. The number of hydrogen-bond acceptors (Lipinski definition) is 2. The molecule has 0 amide bonds. The van der Waals surface area contributed by atoms with Crippen LogP contribution in [0.2, 0.25) is 0 Å². The van der Waals surface area contributed by atoms with Crippen LogP contribution in [-0.2, 0) is 9.53 Å². The minimum atomic E-state index is -0.215. The van der Waals surface area contributed by atoms with Crippen LogP contribution in [0.3, 0.4) is 0 Å². The SMILES string of the molecule is C=Cc1ccccc1C(C)OC(=O)CCC. The first-order valence-electron chi connectivity index (χ1n) is 5.59. The highest BCUT2D eigenvalue weighted by atomic mass is 16.5. The number of esters is 1. The maximum Gasteiger partial charge on any atom is 0.306 e. The summed E-state index contributed by atoms with van der Waals surface area (Å²) >= 11 is 0. The Bertz CT molecular complexity index is 369. The van der Waals surface area contributed by atoms with E-state index in [1.807, 2.05) is 38.1 Å². The Morgan fingerprint density at radius 3 is 2.81 bits per heavy atom. The summed E-state index contributed by atoms with van der Waals surface area (Å²) in [5, 5.41) is 0. The molecule has 1 rings (SSSR count). The van der Waals surface area contributed by atoms with Gasteiger partial charge in [0.15, 0.2) is 0 Å². The van der Waals surface area contributed by atoms with Crippen molar-refractivity contribution in [3.8, 4) is 0 Å². The van der Waals surface area contributed by atoms with E-state index in [9.17, 15) is 4.79 Å². The lowest BCUT2D eigenvalue weighted by Gasteiger charge is -2.15. The van der Waals surface area contributed by atoms with E-state index in [2.05, 4.69) is 6.58 Å². The molecule has 0 aromatic heterocycles. The lowest BCUT2D eigenvalue weighted by atomic mass is 10.0. The molecule has 16 heavy (non-hydrogen) atoms. The average Bonchev–Trinajstić information content (AvgIpc) is 2.29. The standard InChI is InChI=1S/C14H18O2/c1-4-8-14(15)16-11(3)13-10-7-6-9-12(13)5-2/h5-7,9-11H,2,4,8H2,1,3H3. The summed E-state index contributed by atoms with van der Waals surface area (Å²) in [6.07, 6.45) is 2.85. The summed E-state index contributed by atoms with van der Waals surface area (Å²) in [4.78, 5) is 11.4. The van der Waals surface area contributed by atoms with Gasteiger partial charge >= 0.3 is 5.97 Å². The molecule has 1 aromatic carbocycles. The van der Waals surface area contributed by atoms with Crippen molar-refractivity contribution in [1.29, 1.82) is 0 Å². The fourth-order valence-corrected chi connectivity index (χ4v) is 1.59. The molecule has 0 fully saturated rings. The van der Waals surface area contributed by atoms with Crippen molar-refractivity contribution < 1.29 is 9.53 Å². The van der Waals surface area contributed by atoms with Gasteiger partial charge in [0.25, 0.3) is 0 Å². The molecule has 2 heteroatoms. The van der Waals surface area contributed by atoms with Crippen LogP contribution in [0.1, 0.15) is 43.9 Å². The lowest BCUT2D eigenvalue weighted by molar-refractivity contribution is -0.148. The van der Waals surface area contributed by atoms with Crippen LogP contribution >= 0.6 is 0 Å². The van der Waals surface area contributed by atoms with Gasteiger partial charge < -0.3 is 4.74 Å². The number of carbonyl (C=O) groups excluding carboxylic acids is 1. The molecule has 0 saturated carbocycles. The fraction of sp³-hybridized carbons (Fsp3) is 0.357. The monoisotopic (exact) mass is 218 g/mol. The quantitative estimate of drug-likeness (QED) is 0.704. The number of benzene rings is 1. The van der Waals surface area contributed by atoms with Gasteiger partial charge in [0, 0.05) is 6.42 Å². The number of hydrogen-bond donors (Lipinski definition) is 0. The minimum Gasteiger partial charge on any atom is -0.458 e. The molecule has 2 nitrogen and oxygen atoms in total. The van der Waals surface area contributed by atoms with Crippen LogP contribution < -0.4 is 0 Å². The van der Waals surface area contributed by atoms with Crippen molar-refractivity contribution in [2.45, 2.75) is 32.8 Å². The van der Waals surface area contributed by atoms with E-state index in [0.717, 1.165) is 17.5 Å². The third-order valence-electron chi connectivity index (χ3n) is 2.42. The second-order valence-corrected chi connectivity index (χ2v) is 3.72. The first-order chi connectivity index (χ1) is 7.69. The molecule has 0 heterocycles. The van der Waals surface area contributed by atoms with Gasteiger partial charge in [0.2, 0.25) is 0 Å². The van der Waals surface area contributed by atoms with E-state index in [0.29, 0.717) is 6.42 Å². The largest absolute Gasteiger partial charge is 0.458 e. The molecule has 0 radical (unpaired) electrons. The van der Waals surface area contributed by atoms with Crippen molar-refractivity contribution in [2.75, 3.05) is 0 Å². The summed E-state index contributed by atoms with van der Waals surface area (Å²) < 4.78 is 5.33. The third-order valence-corrected chi connectivity index (χ3v) is 2.42. The molecule has 1 aromatic rings. The van der Waals surface area contributed by atoms with Crippen molar-refractivity contribution >= 4 is 12.0 Å². The molecule has 0 saturated heterocycles. The average molecular weight is 218 g/mol. The summed E-state index contributed by atoms with van der Waals surface area (Å²) in [7, 11) is 0. The van der Waals surface area contributed by atoms with Gasteiger partial charge in [-0.05, 0) is 24.5 Å². The maximum atomic E-state index is 11.4. The Balaban J connectivity index is 2.75. The van der Waals surface area contributed by atoms with E-state index < -0.39 is 0 Å². The molecule has 0 N–H and O–H groups in total. The van der Waals surface area contributed by atoms with Gasteiger partial charge in [0.1, 0.15) is 6.10 Å². The third kappa shape index (κ3) is 3.23. The second kappa shape index (κ2) is 6.11. The fourth-order valence-electron chi connectivity index (χ4n) is 1.59. The molecular weight excluding hydrogens is 200 g/mol.